The second-order valence-electron chi connectivity index (χ2n) is 4.90. The number of hydrogen-bond acceptors (Lipinski definition) is 3. The molecule has 0 aliphatic heterocycles. The zero-order valence-corrected chi connectivity index (χ0v) is 13.1. The molecule has 0 fully saturated rings. The predicted molar refractivity (Wildman–Crippen MR) is 81.9 cm³/mol. The van der Waals surface area contributed by atoms with Crippen molar-refractivity contribution in [2.45, 2.75) is 26.3 Å². The molecular weight excluding hydrogens is 308 g/mol. The Labute approximate surface area is 131 Å². The van der Waals surface area contributed by atoms with Gasteiger partial charge in [0.1, 0.15) is 11.6 Å². The van der Waals surface area contributed by atoms with Crippen LogP contribution in [0.15, 0.2) is 24.4 Å². The van der Waals surface area contributed by atoms with Crippen molar-refractivity contribution in [3.63, 3.8) is 0 Å². The van der Waals surface area contributed by atoms with E-state index in [1.165, 1.54) is 12.1 Å². The van der Waals surface area contributed by atoms with Gasteiger partial charge in [0.15, 0.2) is 0 Å². The minimum Gasteiger partial charge on any atom is -0.338 e. The van der Waals surface area contributed by atoms with Gasteiger partial charge < -0.3 is 10.6 Å². The summed E-state index contributed by atoms with van der Waals surface area (Å²) in [5.41, 5.74) is 0.243. The molecule has 0 unspecified atom stereocenters. The van der Waals surface area contributed by atoms with Crippen LogP contribution in [0.3, 0.4) is 0 Å². The Morgan fingerprint density at radius 3 is 2.82 bits per heavy atom. The highest BCUT2D eigenvalue weighted by Gasteiger charge is 2.14. The van der Waals surface area contributed by atoms with Gasteiger partial charge in [-0.15, -0.1) is 11.3 Å². The van der Waals surface area contributed by atoms with E-state index >= 15 is 0 Å². The summed E-state index contributed by atoms with van der Waals surface area (Å²) in [7, 11) is 0. The summed E-state index contributed by atoms with van der Waals surface area (Å²) in [5, 5.41) is 6.26. The Morgan fingerprint density at radius 2 is 2.18 bits per heavy atom. The zero-order chi connectivity index (χ0) is 16.1. The maximum absolute atomic E-state index is 13.6. The lowest BCUT2D eigenvalue weighted by molar-refractivity contribution is 0.238. The largest absolute Gasteiger partial charge is 0.338 e. The van der Waals surface area contributed by atoms with Crippen molar-refractivity contribution in [2.24, 2.45) is 0 Å². The van der Waals surface area contributed by atoms with Crippen LogP contribution in [0.1, 0.15) is 28.4 Å². The number of rotatable bonds is 5. The molecular formula is C15H17F2N3OS. The SMILES string of the molecule is Cc1cnc(CCNC(=O)N[C@@H](C)c2ccc(F)cc2F)s1. The van der Waals surface area contributed by atoms with Crippen molar-refractivity contribution in [2.75, 3.05) is 6.54 Å². The fraction of sp³-hybridized carbons (Fsp3) is 0.333. The van der Waals surface area contributed by atoms with Crippen molar-refractivity contribution in [1.29, 1.82) is 0 Å². The third-order valence-corrected chi connectivity index (χ3v) is 4.04. The molecule has 1 aromatic carbocycles. The van der Waals surface area contributed by atoms with E-state index in [1.807, 2.05) is 6.92 Å². The zero-order valence-electron chi connectivity index (χ0n) is 12.3. The van der Waals surface area contributed by atoms with E-state index in [2.05, 4.69) is 15.6 Å². The van der Waals surface area contributed by atoms with Gasteiger partial charge >= 0.3 is 6.03 Å². The summed E-state index contributed by atoms with van der Waals surface area (Å²) in [6.07, 6.45) is 2.44. The van der Waals surface area contributed by atoms with Crippen LogP contribution in [0.2, 0.25) is 0 Å². The lowest BCUT2D eigenvalue weighted by Gasteiger charge is -2.15. The molecule has 4 nitrogen and oxygen atoms in total. The summed E-state index contributed by atoms with van der Waals surface area (Å²) >= 11 is 1.59. The summed E-state index contributed by atoms with van der Waals surface area (Å²) in [5.74, 6) is -1.32. The van der Waals surface area contributed by atoms with Crippen molar-refractivity contribution in [3.05, 3.63) is 51.5 Å². The molecule has 1 atom stereocenters. The van der Waals surface area contributed by atoms with E-state index in [4.69, 9.17) is 0 Å². The van der Waals surface area contributed by atoms with Crippen LogP contribution in [0.25, 0.3) is 0 Å². The number of hydrogen-bond donors (Lipinski definition) is 2. The molecule has 0 aliphatic carbocycles. The fourth-order valence-corrected chi connectivity index (χ4v) is 2.76. The highest BCUT2D eigenvalue weighted by molar-refractivity contribution is 7.11. The number of thiazole rings is 1. The van der Waals surface area contributed by atoms with Gasteiger partial charge in [0.25, 0.3) is 0 Å². The maximum atomic E-state index is 13.6. The Morgan fingerprint density at radius 1 is 1.41 bits per heavy atom. The number of aromatic nitrogens is 1. The van der Waals surface area contributed by atoms with E-state index in [1.54, 1.807) is 24.5 Å². The fourth-order valence-electron chi connectivity index (χ4n) is 1.98. The third kappa shape index (κ3) is 4.49. The van der Waals surface area contributed by atoms with Crippen LogP contribution in [-0.4, -0.2) is 17.6 Å². The quantitative estimate of drug-likeness (QED) is 0.886. The molecule has 2 amide bonds. The van der Waals surface area contributed by atoms with Crippen LogP contribution < -0.4 is 10.6 Å². The summed E-state index contributed by atoms with van der Waals surface area (Å²) in [6.45, 7) is 4.05. The Balaban J connectivity index is 1.81. The average Bonchev–Trinajstić information content (AvgIpc) is 2.84. The molecule has 1 aromatic heterocycles. The Kier molecular flexibility index (Phi) is 5.43. The van der Waals surface area contributed by atoms with E-state index in [0.29, 0.717) is 13.0 Å². The topological polar surface area (TPSA) is 54.0 Å². The minimum absolute atomic E-state index is 0.243. The van der Waals surface area contributed by atoms with Crippen molar-refractivity contribution in [1.82, 2.24) is 15.6 Å². The molecule has 118 valence electrons. The minimum atomic E-state index is -0.675. The van der Waals surface area contributed by atoms with E-state index in [-0.39, 0.29) is 5.56 Å². The van der Waals surface area contributed by atoms with E-state index in [0.717, 1.165) is 16.0 Å². The molecule has 0 saturated carbocycles. The number of amides is 2. The first-order valence-electron chi connectivity index (χ1n) is 6.86. The second-order valence-corrected chi connectivity index (χ2v) is 6.22. The lowest BCUT2D eigenvalue weighted by Crippen LogP contribution is -2.38. The molecule has 0 spiro atoms. The maximum Gasteiger partial charge on any atom is 0.315 e. The molecule has 22 heavy (non-hydrogen) atoms. The summed E-state index contributed by atoms with van der Waals surface area (Å²) in [4.78, 5) is 17.1. The first kappa shape index (κ1) is 16.4. The van der Waals surface area contributed by atoms with Gasteiger partial charge in [0, 0.05) is 35.7 Å². The molecule has 1 heterocycles. The summed E-state index contributed by atoms with van der Waals surface area (Å²) < 4.78 is 26.5. The monoisotopic (exact) mass is 325 g/mol. The number of halogens is 2. The first-order chi connectivity index (χ1) is 10.5. The number of aryl methyl sites for hydroxylation is 1. The highest BCUT2D eigenvalue weighted by Crippen LogP contribution is 2.17. The van der Waals surface area contributed by atoms with Crippen LogP contribution in [-0.2, 0) is 6.42 Å². The number of carbonyl (C=O) groups excluding carboxylic acids is 1. The van der Waals surface area contributed by atoms with Gasteiger partial charge in [-0.05, 0) is 19.9 Å². The molecule has 7 heteroatoms. The number of carbonyl (C=O) groups is 1. The molecule has 0 aliphatic rings. The number of nitrogens with zero attached hydrogens (tertiary/aromatic N) is 1. The molecule has 2 N–H and O–H groups in total. The Hall–Kier alpha value is -2.02. The second kappa shape index (κ2) is 7.31. The molecule has 2 rings (SSSR count). The van der Waals surface area contributed by atoms with Gasteiger partial charge in [-0.3, -0.25) is 0 Å². The molecule has 2 aromatic rings. The van der Waals surface area contributed by atoms with Crippen LogP contribution in [0.4, 0.5) is 13.6 Å². The van der Waals surface area contributed by atoms with Gasteiger partial charge in [-0.25, -0.2) is 18.6 Å². The number of urea groups is 1. The third-order valence-electron chi connectivity index (χ3n) is 3.07. The van der Waals surface area contributed by atoms with Crippen LogP contribution >= 0.6 is 11.3 Å². The number of nitrogens with one attached hydrogen (secondary N) is 2. The normalized spacial score (nSPS) is 12.0. The lowest BCUT2D eigenvalue weighted by atomic mass is 10.1. The van der Waals surface area contributed by atoms with Gasteiger partial charge in [0.2, 0.25) is 0 Å². The van der Waals surface area contributed by atoms with Gasteiger partial charge in [0.05, 0.1) is 11.0 Å². The highest BCUT2D eigenvalue weighted by atomic mass is 32.1. The van der Waals surface area contributed by atoms with Gasteiger partial charge in [-0.1, -0.05) is 6.07 Å². The Bertz CT molecular complexity index is 660. The molecule has 0 bridgehead atoms. The van der Waals surface area contributed by atoms with Crippen molar-refractivity contribution < 1.29 is 13.6 Å². The van der Waals surface area contributed by atoms with Crippen LogP contribution in [0, 0.1) is 18.6 Å². The summed E-state index contributed by atoms with van der Waals surface area (Å²) in [6, 6.07) is 2.34. The van der Waals surface area contributed by atoms with E-state index < -0.39 is 23.7 Å². The smallest absolute Gasteiger partial charge is 0.315 e. The van der Waals surface area contributed by atoms with E-state index in [9.17, 15) is 13.6 Å². The standard InChI is InChI=1S/C15H17F2N3OS/c1-9-8-19-14(22-9)5-6-18-15(21)20-10(2)12-4-3-11(16)7-13(12)17/h3-4,7-8,10H,5-6H2,1-2H3,(H2,18,20,21)/t10-/m0/s1. The predicted octanol–water partition coefficient (Wildman–Crippen LogP) is 3.33. The first-order valence-corrected chi connectivity index (χ1v) is 7.68. The van der Waals surface area contributed by atoms with Crippen molar-refractivity contribution in [3.8, 4) is 0 Å². The average molecular weight is 325 g/mol. The van der Waals surface area contributed by atoms with Crippen LogP contribution in [0.5, 0.6) is 0 Å². The molecule has 0 saturated heterocycles. The number of benzene rings is 1. The van der Waals surface area contributed by atoms with Crippen molar-refractivity contribution >= 4 is 17.4 Å². The van der Waals surface area contributed by atoms with Gasteiger partial charge in [-0.2, -0.15) is 0 Å². The molecule has 0 radical (unpaired) electrons.